The fraction of sp³-hybridized carbons (Fsp3) is 0.238. The van der Waals surface area contributed by atoms with E-state index in [-0.39, 0.29) is 5.82 Å². The molecule has 1 aromatic heterocycles. The Bertz CT molecular complexity index is 858. The largest absolute Gasteiger partial charge is 0.383 e. The molecule has 0 spiro atoms. The first kappa shape index (κ1) is 18.8. The van der Waals surface area contributed by atoms with Gasteiger partial charge in [0.25, 0.3) is 0 Å². The van der Waals surface area contributed by atoms with E-state index >= 15 is 0 Å². The van der Waals surface area contributed by atoms with Gasteiger partial charge in [0.05, 0.1) is 12.3 Å². The lowest BCUT2D eigenvalue weighted by atomic mass is 10.1. The molecule has 3 aromatic rings. The topological polar surface area (TPSA) is 59.1 Å². The van der Waals surface area contributed by atoms with E-state index in [4.69, 9.17) is 4.74 Å². The Balaban J connectivity index is 1.74. The van der Waals surface area contributed by atoms with Gasteiger partial charge >= 0.3 is 0 Å². The van der Waals surface area contributed by atoms with Crippen LogP contribution in [0.1, 0.15) is 5.56 Å². The first-order valence-corrected chi connectivity index (χ1v) is 8.91. The fourth-order valence-corrected chi connectivity index (χ4v) is 2.66. The summed E-state index contributed by atoms with van der Waals surface area (Å²) >= 11 is 0. The Hall–Kier alpha value is -2.99. The first-order valence-electron chi connectivity index (χ1n) is 8.91. The molecule has 6 heteroatoms. The van der Waals surface area contributed by atoms with E-state index in [0.29, 0.717) is 43.4 Å². The highest BCUT2D eigenvalue weighted by molar-refractivity contribution is 5.64. The number of halogens is 1. The molecule has 0 saturated carbocycles. The monoisotopic (exact) mass is 366 g/mol. The highest BCUT2D eigenvalue weighted by Crippen LogP contribution is 2.21. The zero-order valence-electron chi connectivity index (χ0n) is 15.3. The second-order valence-corrected chi connectivity index (χ2v) is 6.02. The molecule has 0 radical (unpaired) electrons. The number of hydrogen-bond donors (Lipinski definition) is 2. The quantitative estimate of drug-likeness (QED) is 0.561. The number of methoxy groups -OCH3 is 1. The van der Waals surface area contributed by atoms with Gasteiger partial charge in [-0.05, 0) is 18.1 Å². The van der Waals surface area contributed by atoms with Gasteiger partial charge in [-0.1, -0.05) is 48.5 Å². The van der Waals surface area contributed by atoms with E-state index in [1.54, 1.807) is 19.2 Å². The highest BCUT2D eigenvalue weighted by Gasteiger charge is 2.07. The van der Waals surface area contributed by atoms with Gasteiger partial charge in [0, 0.05) is 31.8 Å². The van der Waals surface area contributed by atoms with Crippen LogP contribution in [-0.4, -0.2) is 36.8 Å². The molecule has 0 atom stereocenters. The molecule has 0 aliphatic carbocycles. The molecule has 5 nitrogen and oxygen atoms in total. The molecule has 0 fully saturated rings. The van der Waals surface area contributed by atoms with Gasteiger partial charge in [-0.25, -0.2) is 9.37 Å². The van der Waals surface area contributed by atoms with Crippen molar-refractivity contribution in [3.63, 3.8) is 0 Å². The predicted molar refractivity (Wildman–Crippen MR) is 106 cm³/mol. The van der Waals surface area contributed by atoms with Gasteiger partial charge in [0.2, 0.25) is 5.95 Å². The van der Waals surface area contributed by atoms with Crippen LogP contribution in [-0.2, 0) is 11.2 Å². The number of benzene rings is 2. The lowest BCUT2D eigenvalue weighted by molar-refractivity contribution is 0.210. The SMILES string of the molecule is COCCNc1cc(-c2ccccc2)nc(NCCc2ccccc2F)n1. The average Bonchev–Trinajstić information content (AvgIpc) is 2.70. The van der Waals surface area contributed by atoms with Crippen molar-refractivity contribution in [3.05, 3.63) is 72.0 Å². The third-order valence-electron chi connectivity index (χ3n) is 4.04. The smallest absolute Gasteiger partial charge is 0.225 e. The van der Waals surface area contributed by atoms with Crippen LogP contribution in [0.3, 0.4) is 0 Å². The van der Waals surface area contributed by atoms with E-state index in [2.05, 4.69) is 20.6 Å². The van der Waals surface area contributed by atoms with Crippen molar-refractivity contribution in [1.29, 1.82) is 0 Å². The van der Waals surface area contributed by atoms with Gasteiger partial charge in [0.15, 0.2) is 0 Å². The summed E-state index contributed by atoms with van der Waals surface area (Å²) in [5.41, 5.74) is 2.49. The number of nitrogens with one attached hydrogen (secondary N) is 2. The summed E-state index contributed by atoms with van der Waals surface area (Å²) in [7, 11) is 1.66. The maximum absolute atomic E-state index is 13.8. The third kappa shape index (κ3) is 5.49. The summed E-state index contributed by atoms with van der Waals surface area (Å²) in [6, 6.07) is 18.6. The number of anilines is 2. The van der Waals surface area contributed by atoms with Crippen LogP contribution in [0.25, 0.3) is 11.3 Å². The Labute approximate surface area is 158 Å². The number of hydrogen-bond acceptors (Lipinski definition) is 5. The van der Waals surface area contributed by atoms with Crippen LogP contribution in [0.4, 0.5) is 16.2 Å². The van der Waals surface area contributed by atoms with Gasteiger partial charge in [-0.2, -0.15) is 4.98 Å². The standard InChI is InChI=1S/C21H23FN4O/c1-27-14-13-23-20-15-19(17-8-3-2-4-9-17)25-21(26-20)24-12-11-16-7-5-6-10-18(16)22/h2-10,15H,11-14H2,1H3,(H2,23,24,25,26). The Kier molecular flexibility index (Phi) is 6.71. The number of nitrogens with zero attached hydrogens (tertiary/aromatic N) is 2. The van der Waals surface area contributed by atoms with Crippen molar-refractivity contribution < 1.29 is 9.13 Å². The van der Waals surface area contributed by atoms with Crippen LogP contribution in [0.5, 0.6) is 0 Å². The molecule has 27 heavy (non-hydrogen) atoms. The van der Waals surface area contributed by atoms with Crippen LogP contribution in [0.2, 0.25) is 0 Å². The molecule has 2 aromatic carbocycles. The first-order chi connectivity index (χ1) is 13.3. The highest BCUT2D eigenvalue weighted by atomic mass is 19.1. The summed E-state index contributed by atoms with van der Waals surface area (Å²) in [6.07, 6.45) is 0.554. The summed E-state index contributed by atoms with van der Waals surface area (Å²) in [5, 5.41) is 6.44. The van der Waals surface area contributed by atoms with Crippen LogP contribution < -0.4 is 10.6 Å². The summed E-state index contributed by atoms with van der Waals surface area (Å²) in [4.78, 5) is 9.10. The second kappa shape index (κ2) is 9.64. The van der Waals surface area contributed by atoms with E-state index in [1.165, 1.54) is 6.07 Å². The van der Waals surface area contributed by atoms with Gasteiger partial charge in [-0.3, -0.25) is 0 Å². The second-order valence-electron chi connectivity index (χ2n) is 6.02. The molecule has 2 N–H and O–H groups in total. The minimum absolute atomic E-state index is 0.194. The Morgan fingerprint density at radius 1 is 0.926 bits per heavy atom. The van der Waals surface area contributed by atoms with Gasteiger partial charge < -0.3 is 15.4 Å². The molecule has 0 bridgehead atoms. The summed E-state index contributed by atoms with van der Waals surface area (Å²) in [5.74, 6) is 1.03. The maximum Gasteiger partial charge on any atom is 0.225 e. The minimum atomic E-state index is -0.194. The lowest BCUT2D eigenvalue weighted by Crippen LogP contribution is -2.13. The molecule has 0 unspecified atom stereocenters. The normalized spacial score (nSPS) is 10.6. The Morgan fingerprint density at radius 3 is 2.48 bits per heavy atom. The maximum atomic E-state index is 13.8. The van der Waals surface area contributed by atoms with Crippen molar-refractivity contribution in [2.45, 2.75) is 6.42 Å². The van der Waals surface area contributed by atoms with Crippen LogP contribution in [0, 0.1) is 5.82 Å². The van der Waals surface area contributed by atoms with E-state index in [9.17, 15) is 4.39 Å². The van der Waals surface area contributed by atoms with Crippen molar-refractivity contribution in [2.24, 2.45) is 0 Å². The average molecular weight is 366 g/mol. The number of ether oxygens (including phenoxy) is 1. The lowest BCUT2D eigenvalue weighted by Gasteiger charge is -2.11. The molecule has 0 aliphatic rings. The molecular weight excluding hydrogens is 343 g/mol. The molecule has 1 heterocycles. The minimum Gasteiger partial charge on any atom is -0.383 e. The molecule has 0 amide bonds. The third-order valence-corrected chi connectivity index (χ3v) is 4.04. The predicted octanol–water partition coefficient (Wildman–Crippen LogP) is 4.00. The zero-order valence-corrected chi connectivity index (χ0v) is 15.3. The summed E-state index contributed by atoms with van der Waals surface area (Å²) in [6.45, 7) is 1.77. The molecular formula is C21H23FN4O. The van der Waals surface area contributed by atoms with Gasteiger partial charge in [-0.15, -0.1) is 0 Å². The van der Waals surface area contributed by atoms with Crippen molar-refractivity contribution in [3.8, 4) is 11.3 Å². The molecule has 0 saturated heterocycles. The van der Waals surface area contributed by atoms with Crippen LogP contribution in [0.15, 0.2) is 60.7 Å². The fourth-order valence-electron chi connectivity index (χ4n) is 2.66. The van der Waals surface area contributed by atoms with Gasteiger partial charge in [0.1, 0.15) is 11.6 Å². The number of rotatable bonds is 9. The Morgan fingerprint density at radius 2 is 1.70 bits per heavy atom. The number of aromatic nitrogens is 2. The van der Waals surface area contributed by atoms with Crippen molar-refractivity contribution in [2.75, 3.05) is 37.4 Å². The zero-order chi connectivity index (χ0) is 18.9. The molecule has 3 rings (SSSR count). The molecule has 0 aliphatic heterocycles. The summed E-state index contributed by atoms with van der Waals surface area (Å²) < 4.78 is 18.8. The van der Waals surface area contributed by atoms with Crippen molar-refractivity contribution in [1.82, 2.24) is 9.97 Å². The molecule has 140 valence electrons. The van der Waals surface area contributed by atoms with E-state index in [0.717, 1.165) is 11.3 Å². The van der Waals surface area contributed by atoms with E-state index < -0.39 is 0 Å². The van der Waals surface area contributed by atoms with Crippen LogP contribution >= 0.6 is 0 Å². The van der Waals surface area contributed by atoms with Crippen molar-refractivity contribution >= 4 is 11.8 Å². The van der Waals surface area contributed by atoms with E-state index in [1.807, 2.05) is 42.5 Å².